The molecule has 0 aromatic carbocycles. The molecule has 4 atom stereocenters. The first-order chi connectivity index (χ1) is 6.31. The van der Waals surface area contributed by atoms with Crippen molar-refractivity contribution in [1.82, 2.24) is 0 Å². The molecule has 0 bridgehead atoms. The molecule has 4 unspecified atom stereocenters. The minimum absolute atomic E-state index is 0. The Kier molecular flexibility index (Phi) is 3.14. The molecule has 2 heterocycles. The van der Waals surface area contributed by atoms with Gasteiger partial charge in [0.15, 0.2) is 0 Å². The van der Waals surface area contributed by atoms with E-state index in [9.17, 15) is 0 Å². The third kappa shape index (κ3) is 1.44. The van der Waals surface area contributed by atoms with E-state index in [-0.39, 0.29) is 24.0 Å². The molecule has 2 saturated heterocycles. The molecule has 0 aromatic heterocycles. The Hall–Kier alpha value is 0.690. The van der Waals surface area contributed by atoms with Gasteiger partial charge in [0.05, 0.1) is 25.7 Å². The maximum absolute atomic E-state index is 2.56. The van der Waals surface area contributed by atoms with Gasteiger partial charge in [0.2, 0.25) is 0 Å². The fourth-order valence-electron chi connectivity index (χ4n) is 4.52. The highest BCUT2D eigenvalue weighted by atomic mass is 127. The fraction of sp³-hybridized carbons (Fsp3) is 1.00. The van der Waals surface area contributed by atoms with Gasteiger partial charge in [-0.3, -0.25) is 0 Å². The zero-order chi connectivity index (χ0) is 8.89. The van der Waals surface area contributed by atoms with Gasteiger partial charge in [0.25, 0.3) is 0 Å². The van der Waals surface area contributed by atoms with E-state index in [0.717, 1.165) is 18.0 Å². The van der Waals surface area contributed by atoms with E-state index < -0.39 is 0 Å². The summed E-state index contributed by atoms with van der Waals surface area (Å²) in [5.41, 5.74) is 0. The van der Waals surface area contributed by atoms with Crippen LogP contribution in [-0.4, -0.2) is 30.2 Å². The molecule has 1 aliphatic carbocycles. The molecule has 0 radical (unpaired) electrons. The molecule has 3 fully saturated rings. The normalized spacial score (nSPS) is 50.8. The van der Waals surface area contributed by atoms with Crippen molar-refractivity contribution in [2.24, 2.45) is 5.92 Å². The topological polar surface area (TPSA) is 0 Å². The van der Waals surface area contributed by atoms with E-state index >= 15 is 0 Å². The van der Waals surface area contributed by atoms with Crippen LogP contribution >= 0.6 is 0 Å². The smallest absolute Gasteiger partial charge is 0.0921 e. The number of rotatable bonds is 0. The van der Waals surface area contributed by atoms with Gasteiger partial charge in [-0.1, -0.05) is 0 Å². The summed E-state index contributed by atoms with van der Waals surface area (Å²) in [5.74, 6) is 1.12. The van der Waals surface area contributed by atoms with Crippen LogP contribution in [0.25, 0.3) is 0 Å². The lowest BCUT2D eigenvalue weighted by Gasteiger charge is -2.44. The molecule has 2 heteroatoms. The highest BCUT2D eigenvalue weighted by molar-refractivity contribution is 4.89. The van der Waals surface area contributed by atoms with Gasteiger partial charge in [-0.15, -0.1) is 0 Å². The molecule has 3 rings (SSSR count). The number of fused-ring (bicyclic) bond motifs is 3. The van der Waals surface area contributed by atoms with E-state index in [2.05, 4.69) is 7.05 Å². The van der Waals surface area contributed by atoms with Crippen LogP contribution in [-0.2, 0) is 0 Å². The molecule has 0 aromatic rings. The largest absolute Gasteiger partial charge is 1.00 e. The molecule has 0 spiro atoms. The molecular weight excluding hydrogens is 285 g/mol. The Balaban J connectivity index is 0.000000750. The van der Waals surface area contributed by atoms with Crippen LogP contribution in [0.3, 0.4) is 0 Å². The van der Waals surface area contributed by atoms with Crippen molar-refractivity contribution in [2.75, 3.05) is 13.6 Å². The van der Waals surface area contributed by atoms with E-state index in [4.69, 9.17) is 0 Å². The van der Waals surface area contributed by atoms with Gasteiger partial charge in [0.1, 0.15) is 0 Å². The maximum atomic E-state index is 2.56. The third-order valence-electron chi connectivity index (χ3n) is 5.21. The summed E-state index contributed by atoms with van der Waals surface area (Å²) in [6.07, 6.45) is 10.7. The number of hydrogen-bond donors (Lipinski definition) is 0. The lowest BCUT2D eigenvalue weighted by Crippen LogP contribution is -3.00. The van der Waals surface area contributed by atoms with Crippen LogP contribution in [0, 0.1) is 5.92 Å². The molecule has 82 valence electrons. The van der Waals surface area contributed by atoms with E-state index in [1.54, 1.807) is 12.8 Å². The second-order valence-electron chi connectivity index (χ2n) is 5.71. The summed E-state index contributed by atoms with van der Waals surface area (Å²) in [5, 5.41) is 0. The van der Waals surface area contributed by atoms with Crippen molar-refractivity contribution in [2.45, 2.75) is 57.0 Å². The van der Waals surface area contributed by atoms with Crippen molar-refractivity contribution >= 4 is 0 Å². The van der Waals surface area contributed by atoms with Crippen molar-refractivity contribution in [3.05, 3.63) is 0 Å². The van der Waals surface area contributed by atoms with Crippen LogP contribution < -0.4 is 24.0 Å². The van der Waals surface area contributed by atoms with Crippen LogP contribution in [0.2, 0.25) is 0 Å². The average molecular weight is 307 g/mol. The predicted octanol–water partition coefficient (Wildman–Crippen LogP) is -0.438. The number of halogens is 1. The Morgan fingerprint density at radius 2 is 1.86 bits per heavy atom. The highest BCUT2D eigenvalue weighted by Crippen LogP contribution is 2.48. The van der Waals surface area contributed by atoms with Crippen molar-refractivity contribution in [3.8, 4) is 0 Å². The van der Waals surface area contributed by atoms with Gasteiger partial charge in [0, 0.05) is 12.3 Å². The van der Waals surface area contributed by atoms with Crippen LogP contribution in [0.4, 0.5) is 0 Å². The quantitative estimate of drug-likeness (QED) is 0.421. The summed E-state index contributed by atoms with van der Waals surface area (Å²) >= 11 is 0. The standard InChI is InChI=1S/C12H22N.HI/c1-13-8-3-2-6-11(13)9-10-5-4-7-12(10)13;/h10-12H,2-9H2,1H3;1H/q+1;/p-1. The number of piperidine rings is 1. The first-order valence-corrected chi connectivity index (χ1v) is 6.15. The highest BCUT2D eigenvalue weighted by Gasteiger charge is 2.54. The minimum atomic E-state index is 0. The molecule has 0 N–H and O–H groups in total. The summed E-state index contributed by atoms with van der Waals surface area (Å²) < 4.78 is 1.48. The van der Waals surface area contributed by atoms with Crippen LogP contribution in [0.1, 0.15) is 44.9 Å². The van der Waals surface area contributed by atoms with Gasteiger partial charge in [-0.05, 0) is 38.5 Å². The Morgan fingerprint density at radius 1 is 1.00 bits per heavy atom. The summed E-state index contributed by atoms with van der Waals surface area (Å²) in [7, 11) is 2.56. The molecular formula is C12H22IN. The summed E-state index contributed by atoms with van der Waals surface area (Å²) in [6.45, 7) is 1.49. The van der Waals surface area contributed by atoms with Crippen molar-refractivity contribution in [1.29, 1.82) is 0 Å². The predicted molar refractivity (Wildman–Crippen MR) is 54.4 cm³/mol. The maximum Gasteiger partial charge on any atom is 0.0921 e. The Bertz CT molecular complexity index is 218. The number of nitrogens with zero attached hydrogens (tertiary/aromatic N) is 1. The minimum Gasteiger partial charge on any atom is -1.00 e. The van der Waals surface area contributed by atoms with Crippen molar-refractivity contribution < 1.29 is 28.5 Å². The molecule has 3 aliphatic rings. The summed E-state index contributed by atoms with van der Waals surface area (Å²) in [6, 6.07) is 2.13. The average Bonchev–Trinajstić information content (AvgIpc) is 2.65. The SMILES string of the molecule is C[N+]12CCCCC1CC1CCCC12.[I-]. The lowest BCUT2D eigenvalue weighted by atomic mass is 9.97. The molecule has 1 saturated carbocycles. The van der Waals surface area contributed by atoms with Crippen molar-refractivity contribution in [3.63, 3.8) is 0 Å². The monoisotopic (exact) mass is 307 g/mol. The molecule has 1 nitrogen and oxygen atoms in total. The second kappa shape index (κ2) is 3.93. The lowest BCUT2D eigenvalue weighted by molar-refractivity contribution is -0.948. The molecule has 0 amide bonds. The zero-order valence-electron chi connectivity index (χ0n) is 9.21. The van der Waals surface area contributed by atoms with Crippen LogP contribution in [0.15, 0.2) is 0 Å². The van der Waals surface area contributed by atoms with Gasteiger partial charge < -0.3 is 28.5 Å². The van der Waals surface area contributed by atoms with E-state index in [1.165, 1.54) is 43.1 Å². The van der Waals surface area contributed by atoms with E-state index in [1.807, 2.05) is 0 Å². The first kappa shape index (κ1) is 11.2. The number of hydrogen-bond acceptors (Lipinski definition) is 0. The zero-order valence-corrected chi connectivity index (χ0v) is 11.4. The Labute approximate surface area is 105 Å². The Morgan fingerprint density at radius 3 is 2.71 bits per heavy atom. The van der Waals surface area contributed by atoms with Gasteiger partial charge in [-0.2, -0.15) is 0 Å². The first-order valence-electron chi connectivity index (χ1n) is 6.15. The number of quaternary nitrogens is 1. The van der Waals surface area contributed by atoms with Crippen LogP contribution in [0.5, 0.6) is 0 Å². The second-order valence-corrected chi connectivity index (χ2v) is 5.71. The van der Waals surface area contributed by atoms with Gasteiger partial charge in [-0.25, -0.2) is 0 Å². The third-order valence-corrected chi connectivity index (χ3v) is 5.21. The van der Waals surface area contributed by atoms with Gasteiger partial charge >= 0.3 is 0 Å². The van der Waals surface area contributed by atoms with E-state index in [0.29, 0.717) is 0 Å². The molecule has 2 aliphatic heterocycles. The fourth-order valence-corrected chi connectivity index (χ4v) is 4.52. The molecule has 14 heavy (non-hydrogen) atoms. The summed E-state index contributed by atoms with van der Waals surface area (Å²) in [4.78, 5) is 0.